The number of benzene rings is 1. The first-order valence-corrected chi connectivity index (χ1v) is 7.77. The van der Waals surface area contributed by atoms with Crippen molar-refractivity contribution in [1.29, 1.82) is 0 Å². The average Bonchev–Trinajstić information content (AvgIpc) is 2.56. The van der Waals surface area contributed by atoms with Crippen LogP contribution in [-0.4, -0.2) is 63.8 Å². The fraction of sp³-hybridized carbons (Fsp3) is 0.562. The van der Waals surface area contributed by atoms with E-state index in [0.717, 1.165) is 50.9 Å². The molecule has 1 aliphatic heterocycles. The van der Waals surface area contributed by atoms with Crippen molar-refractivity contribution in [2.75, 3.05) is 53.0 Å². The summed E-state index contributed by atoms with van der Waals surface area (Å²) in [6, 6.07) is 6.86. The number of ether oxygens (including phenoxy) is 1. The summed E-state index contributed by atoms with van der Waals surface area (Å²) in [4.78, 5) is 6.55. The molecule has 1 heterocycles. The molecule has 0 aromatic heterocycles. The second-order valence-corrected chi connectivity index (χ2v) is 5.22. The molecule has 0 spiro atoms. The van der Waals surface area contributed by atoms with Crippen molar-refractivity contribution < 1.29 is 9.13 Å². The molecular weight excluding hydrogens is 410 g/mol. The van der Waals surface area contributed by atoms with Gasteiger partial charge in [0, 0.05) is 39.8 Å². The Balaban J connectivity index is 0.00000264. The summed E-state index contributed by atoms with van der Waals surface area (Å²) in [6.07, 6.45) is 0.636. The highest BCUT2D eigenvalue weighted by molar-refractivity contribution is 14.0. The van der Waals surface area contributed by atoms with Gasteiger partial charge in [-0.2, -0.15) is 0 Å². The van der Waals surface area contributed by atoms with Gasteiger partial charge in [-0.05, 0) is 18.1 Å². The molecule has 1 aliphatic rings. The van der Waals surface area contributed by atoms with Crippen LogP contribution in [0.15, 0.2) is 29.3 Å². The fourth-order valence-corrected chi connectivity index (χ4v) is 2.39. The molecular formula is C16H26FIN4O. The lowest BCUT2D eigenvalue weighted by molar-refractivity contribution is 0.0389. The van der Waals surface area contributed by atoms with Crippen molar-refractivity contribution in [1.82, 2.24) is 15.5 Å². The van der Waals surface area contributed by atoms with E-state index in [2.05, 4.69) is 20.5 Å². The van der Waals surface area contributed by atoms with Crippen LogP contribution in [0.5, 0.6) is 0 Å². The molecule has 0 radical (unpaired) electrons. The number of guanidine groups is 1. The lowest BCUT2D eigenvalue weighted by Crippen LogP contribution is -2.44. The maximum atomic E-state index is 13.5. The molecule has 0 atom stereocenters. The minimum atomic E-state index is -0.153. The first-order chi connectivity index (χ1) is 10.8. The molecule has 0 unspecified atom stereocenters. The van der Waals surface area contributed by atoms with E-state index in [1.54, 1.807) is 13.1 Å². The highest BCUT2D eigenvalue weighted by atomic mass is 127. The Labute approximate surface area is 154 Å². The minimum absolute atomic E-state index is 0. The normalized spacial score (nSPS) is 15.8. The van der Waals surface area contributed by atoms with Crippen molar-refractivity contribution in [3.05, 3.63) is 35.6 Å². The van der Waals surface area contributed by atoms with Crippen molar-refractivity contribution in [3.63, 3.8) is 0 Å². The zero-order chi connectivity index (χ0) is 15.6. The number of hydrogen-bond acceptors (Lipinski definition) is 3. The van der Waals surface area contributed by atoms with E-state index >= 15 is 0 Å². The quantitative estimate of drug-likeness (QED) is 0.403. The molecule has 1 saturated heterocycles. The van der Waals surface area contributed by atoms with Crippen LogP contribution >= 0.6 is 24.0 Å². The SMILES string of the molecule is CN=C(NCCc1ccccc1F)NCCN1CCOCC1.I. The number of morpholine rings is 1. The van der Waals surface area contributed by atoms with Gasteiger partial charge in [0.2, 0.25) is 0 Å². The van der Waals surface area contributed by atoms with Gasteiger partial charge in [0.05, 0.1) is 13.2 Å². The van der Waals surface area contributed by atoms with Gasteiger partial charge in [0.1, 0.15) is 5.82 Å². The number of nitrogens with zero attached hydrogens (tertiary/aromatic N) is 2. The summed E-state index contributed by atoms with van der Waals surface area (Å²) in [5.74, 6) is 0.601. The van der Waals surface area contributed by atoms with Crippen LogP contribution in [0.1, 0.15) is 5.56 Å². The van der Waals surface area contributed by atoms with E-state index in [9.17, 15) is 4.39 Å². The van der Waals surface area contributed by atoms with E-state index in [1.165, 1.54) is 6.07 Å². The molecule has 0 aliphatic carbocycles. The number of aliphatic imine (C=N–C) groups is 1. The Morgan fingerprint density at radius 1 is 1.22 bits per heavy atom. The Hall–Kier alpha value is -0.930. The molecule has 2 rings (SSSR count). The molecule has 1 fully saturated rings. The van der Waals surface area contributed by atoms with Gasteiger partial charge in [0.25, 0.3) is 0 Å². The van der Waals surface area contributed by atoms with Gasteiger partial charge in [0.15, 0.2) is 5.96 Å². The monoisotopic (exact) mass is 436 g/mol. The lowest BCUT2D eigenvalue weighted by atomic mass is 10.1. The zero-order valence-electron chi connectivity index (χ0n) is 13.6. The molecule has 2 N–H and O–H groups in total. The van der Waals surface area contributed by atoms with Gasteiger partial charge in [-0.15, -0.1) is 24.0 Å². The Morgan fingerprint density at radius 2 is 1.91 bits per heavy atom. The van der Waals surface area contributed by atoms with Gasteiger partial charge < -0.3 is 15.4 Å². The Morgan fingerprint density at radius 3 is 2.61 bits per heavy atom. The Kier molecular flexibility index (Phi) is 10.1. The molecule has 1 aromatic carbocycles. The number of hydrogen-bond donors (Lipinski definition) is 2. The molecule has 5 nitrogen and oxygen atoms in total. The van der Waals surface area contributed by atoms with E-state index < -0.39 is 0 Å². The van der Waals surface area contributed by atoms with Crippen molar-refractivity contribution in [2.45, 2.75) is 6.42 Å². The number of halogens is 2. The second-order valence-electron chi connectivity index (χ2n) is 5.22. The van der Waals surface area contributed by atoms with Gasteiger partial charge in [-0.25, -0.2) is 4.39 Å². The van der Waals surface area contributed by atoms with Gasteiger partial charge in [-0.1, -0.05) is 18.2 Å². The van der Waals surface area contributed by atoms with E-state index in [-0.39, 0.29) is 29.8 Å². The fourth-order valence-electron chi connectivity index (χ4n) is 2.39. The second kappa shape index (κ2) is 11.6. The molecule has 0 saturated carbocycles. The summed E-state index contributed by atoms with van der Waals surface area (Å²) in [5, 5.41) is 6.49. The van der Waals surface area contributed by atoms with Crippen LogP contribution < -0.4 is 10.6 Å². The van der Waals surface area contributed by atoms with Gasteiger partial charge >= 0.3 is 0 Å². The van der Waals surface area contributed by atoms with Crippen LogP contribution in [0.2, 0.25) is 0 Å². The topological polar surface area (TPSA) is 48.9 Å². The number of rotatable bonds is 6. The number of nitrogens with one attached hydrogen (secondary N) is 2. The summed E-state index contributed by atoms with van der Waals surface area (Å²) >= 11 is 0. The van der Waals surface area contributed by atoms with E-state index in [1.807, 2.05) is 12.1 Å². The maximum Gasteiger partial charge on any atom is 0.191 e. The molecule has 7 heteroatoms. The zero-order valence-corrected chi connectivity index (χ0v) is 15.9. The summed E-state index contributed by atoms with van der Waals surface area (Å²) in [5.41, 5.74) is 0.721. The van der Waals surface area contributed by atoms with E-state index in [0.29, 0.717) is 13.0 Å². The smallest absolute Gasteiger partial charge is 0.191 e. The first kappa shape index (κ1) is 20.1. The van der Waals surface area contributed by atoms with Gasteiger partial charge in [-0.3, -0.25) is 9.89 Å². The van der Waals surface area contributed by atoms with Crippen LogP contribution in [0.3, 0.4) is 0 Å². The standard InChI is InChI=1S/C16H25FN4O.HI/c1-18-16(20-8-9-21-10-12-22-13-11-21)19-7-6-14-4-2-3-5-15(14)17;/h2-5H,6-13H2,1H3,(H2,18,19,20);1H. The van der Waals surface area contributed by atoms with Crippen LogP contribution in [-0.2, 0) is 11.2 Å². The molecule has 0 amide bonds. The third-order valence-electron chi connectivity index (χ3n) is 3.69. The van der Waals surface area contributed by atoms with Crippen molar-refractivity contribution in [2.24, 2.45) is 4.99 Å². The van der Waals surface area contributed by atoms with Crippen LogP contribution in [0.25, 0.3) is 0 Å². The largest absolute Gasteiger partial charge is 0.379 e. The van der Waals surface area contributed by atoms with Crippen molar-refractivity contribution in [3.8, 4) is 0 Å². The molecule has 130 valence electrons. The third kappa shape index (κ3) is 7.45. The highest BCUT2D eigenvalue weighted by Gasteiger charge is 2.09. The Bertz CT molecular complexity index is 481. The average molecular weight is 436 g/mol. The van der Waals surface area contributed by atoms with Crippen LogP contribution in [0.4, 0.5) is 4.39 Å². The van der Waals surface area contributed by atoms with Crippen LogP contribution in [0, 0.1) is 5.82 Å². The first-order valence-electron chi connectivity index (χ1n) is 7.77. The highest BCUT2D eigenvalue weighted by Crippen LogP contribution is 2.06. The summed E-state index contributed by atoms with van der Waals surface area (Å²) in [6.45, 7) is 6.06. The molecule has 0 bridgehead atoms. The predicted octanol–water partition coefficient (Wildman–Crippen LogP) is 1.48. The molecule has 1 aromatic rings. The van der Waals surface area contributed by atoms with E-state index in [4.69, 9.17) is 4.74 Å². The third-order valence-corrected chi connectivity index (χ3v) is 3.69. The predicted molar refractivity (Wildman–Crippen MR) is 102 cm³/mol. The lowest BCUT2D eigenvalue weighted by Gasteiger charge is -2.26. The maximum absolute atomic E-state index is 13.5. The summed E-state index contributed by atoms with van der Waals surface area (Å²) < 4.78 is 18.8. The summed E-state index contributed by atoms with van der Waals surface area (Å²) in [7, 11) is 1.74. The van der Waals surface area contributed by atoms with Crippen molar-refractivity contribution >= 4 is 29.9 Å². The minimum Gasteiger partial charge on any atom is -0.379 e. The molecule has 23 heavy (non-hydrogen) atoms.